The second-order valence-electron chi connectivity index (χ2n) is 8.79. The van der Waals surface area contributed by atoms with Gasteiger partial charge in [0, 0.05) is 0 Å². The van der Waals surface area contributed by atoms with Gasteiger partial charge in [0.15, 0.2) is 0 Å². The summed E-state index contributed by atoms with van der Waals surface area (Å²) in [6.07, 6.45) is 8.18. The van der Waals surface area contributed by atoms with Gasteiger partial charge in [-0.25, -0.2) is 0 Å². The first-order valence-corrected chi connectivity index (χ1v) is 8.81. The molecule has 3 aliphatic carbocycles. The summed E-state index contributed by atoms with van der Waals surface area (Å²) in [4.78, 5) is 0. The topological polar surface area (TPSA) is 20.2 Å². The number of fused-ring (bicyclic) bond motifs is 3. The number of hydrogen-bond donors (Lipinski definition) is 1. The zero-order valence-electron chi connectivity index (χ0n) is 14.3. The fraction of sp³-hybridized carbons (Fsp3) is 0.800. The molecule has 0 amide bonds. The Labute approximate surface area is 130 Å². The molecule has 4 unspecified atom stereocenters. The average molecular weight is 288 g/mol. The maximum absolute atomic E-state index is 10.3. The molecule has 0 aromatic heterocycles. The summed E-state index contributed by atoms with van der Waals surface area (Å²) in [7, 11) is 0. The molecule has 1 N–H and O–H groups in total. The van der Waals surface area contributed by atoms with Gasteiger partial charge < -0.3 is 5.11 Å². The predicted molar refractivity (Wildman–Crippen MR) is 89.0 cm³/mol. The molecule has 1 nitrogen and oxygen atoms in total. The largest absolute Gasteiger partial charge is 0.389 e. The van der Waals surface area contributed by atoms with Gasteiger partial charge in [-0.1, -0.05) is 38.5 Å². The molecule has 3 rings (SSSR count). The third kappa shape index (κ3) is 2.32. The van der Waals surface area contributed by atoms with Gasteiger partial charge in [-0.2, -0.15) is 0 Å². The van der Waals surface area contributed by atoms with Crippen molar-refractivity contribution in [2.75, 3.05) is 0 Å². The van der Waals surface area contributed by atoms with Crippen molar-refractivity contribution < 1.29 is 5.11 Å². The minimum atomic E-state index is -0.258. The van der Waals surface area contributed by atoms with Crippen LogP contribution in [0.4, 0.5) is 0 Å². The molecule has 2 fully saturated rings. The molecule has 0 heterocycles. The van der Waals surface area contributed by atoms with E-state index >= 15 is 0 Å². The average Bonchev–Trinajstić information content (AvgIpc) is 2.40. The molecule has 2 saturated carbocycles. The lowest BCUT2D eigenvalue weighted by molar-refractivity contribution is 0.0289. The van der Waals surface area contributed by atoms with E-state index in [9.17, 15) is 5.11 Å². The van der Waals surface area contributed by atoms with Crippen LogP contribution in [0.5, 0.6) is 0 Å². The Bertz CT molecular complexity index is 484. The summed E-state index contributed by atoms with van der Waals surface area (Å²) in [6.45, 7) is 14.0. The van der Waals surface area contributed by atoms with Crippen molar-refractivity contribution in [3.63, 3.8) is 0 Å². The van der Waals surface area contributed by atoms with Gasteiger partial charge in [-0.3, -0.25) is 0 Å². The van der Waals surface area contributed by atoms with Gasteiger partial charge in [0.05, 0.1) is 6.10 Å². The van der Waals surface area contributed by atoms with Crippen LogP contribution >= 0.6 is 0 Å². The third-order valence-electron chi connectivity index (χ3n) is 7.35. The molecule has 4 atom stereocenters. The second-order valence-corrected chi connectivity index (χ2v) is 8.79. The number of aliphatic hydroxyl groups excluding tert-OH is 1. The van der Waals surface area contributed by atoms with Crippen molar-refractivity contribution in [2.24, 2.45) is 22.7 Å². The van der Waals surface area contributed by atoms with Gasteiger partial charge in [0.2, 0.25) is 0 Å². The van der Waals surface area contributed by atoms with Gasteiger partial charge in [0.1, 0.15) is 0 Å². The summed E-state index contributed by atoms with van der Waals surface area (Å²) < 4.78 is 0. The number of aliphatic hydroxyl groups is 1. The minimum Gasteiger partial charge on any atom is -0.389 e. The van der Waals surface area contributed by atoms with Crippen molar-refractivity contribution in [3.8, 4) is 0 Å². The summed E-state index contributed by atoms with van der Waals surface area (Å²) in [5.41, 5.74) is 5.23. The molecule has 0 saturated heterocycles. The maximum Gasteiger partial charge on any atom is 0.0750 e. The van der Waals surface area contributed by atoms with Gasteiger partial charge >= 0.3 is 0 Å². The van der Waals surface area contributed by atoms with Crippen LogP contribution in [0.3, 0.4) is 0 Å². The van der Waals surface area contributed by atoms with E-state index < -0.39 is 0 Å². The quantitative estimate of drug-likeness (QED) is 0.603. The Morgan fingerprint density at radius 1 is 1.10 bits per heavy atom. The van der Waals surface area contributed by atoms with Crippen molar-refractivity contribution in [3.05, 3.63) is 23.3 Å². The Balaban J connectivity index is 1.99. The summed E-state index contributed by atoms with van der Waals surface area (Å²) in [5, 5.41) is 10.3. The van der Waals surface area contributed by atoms with E-state index in [-0.39, 0.29) is 6.10 Å². The SMILES string of the molecule is C=C1C(O)CCC2(C)CCC3=C(C)CCC(CC12)C3(C)C. The van der Waals surface area contributed by atoms with Crippen molar-refractivity contribution in [1.82, 2.24) is 0 Å². The van der Waals surface area contributed by atoms with Crippen LogP contribution in [0.2, 0.25) is 0 Å². The van der Waals surface area contributed by atoms with E-state index in [4.69, 9.17) is 0 Å². The standard InChI is InChI=1S/C20H32O/c1-13-6-7-15-12-17-14(2)18(21)9-11-20(17,5)10-8-16(13)19(15,3)4/h15,17-18,21H,2,6-12H2,1,3-5H3. The molecule has 0 aliphatic heterocycles. The maximum atomic E-state index is 10.3. The molecule has 21 heavy (non-hydrogen) atoms. The van der Waals surface area contributed by atoms with E-state index in [1.165, 1.54) is 32.1 Å². The third-order valence-corrected chi connectivity index (χ3v) is 7.35. The normalized spacial score (nSPS) is 43.1. The monoisotopic (exact) mass is 288 g/mol. The second kappa shape index (κ2) is 4.98. The van der Waals surface area contributed by atoms with Gasteiger partial charge in [-0.05, 0) is 80.1 Å². The first-order valence-electron chi connectivity index (χ1n) is 8.81. The highest BCUT2D eigenvalue weighted by molar-refractivity contribution is 5.27. The molecule has 0 spiro atoms. The van der Waals surface area contributed by atoms with E-state index in [1.54, 1.807) is 11.1 Å². The first-order chi connectivity index (χ1) is 9.75. The van der Waals surface area contributed by atoms with Crippen LogP contribution in [-0.2, 0) is 0 Å². The van der Waals surface area contributed by atoms with Crippen LogP contribution in [0.15, 0.2) is 23.3 Å². The van der Waals surface area contributed by atoms with Crippen molar-refractivity contribution in [1.29, 1.82) is 0 Å². The highest BCUT2D eigenvalue weighted by Crippen LogP contribution is 2.58. The lowest BCUT2D eigenvalue weighted by atomic mass is 9.52. The fourth-order valence-corrected chi connectivity index (χ4v) is 5.58. The van der Waals surface area contributed by atoms with E-state index in [0.29, 0.717) is 16.7 Å². The molecule has 0 aromatic carbocycles. The summed E-state index contributed by atoms with van der Waals surface area (Å²) >= 11 is 0. The van der Waals surface area contributed by atoms with E-state index in [0.717, 1.165) is 24.3 Å². The highest BCUT2D eigenvalue weighted by Gasteiger charge is 2.48. The Kier molecular flexibility index (Phi) is 3.64. The van der Waals surface area contributed by atoms with Crippen LogP contribution < -0.4 is 0 Å². The molecule has 2 bridgehead atoms. The van der Waals surface area contributed by atoms with E-state index in [2.05, 4.69) is 34.3 Å². The Hall–Kier alpha value is -0.560. The molecule has 0 aromatic rings. The number of hydrogen-bond acceptors (Lipinski definition) is 1. The zero-order chi connectivity index (χ0) is 15.4. The Morgan fingerprint density at radius 3 is 2.52 bits per heavy atom. The van der Waals surface area contributed by atoms with Crippen LogP contribution in [-0.4, -0.2) is 11.2 Å². The molecule has 118 valence electrons. The lowest BCUT2D eigenvalue weighted by Crippen LogP contribution is -2.44. The summed E-state index contributed by atoms with van der Waals surface area (Å²) in [6, 6.07) is 0. The van der Waals surface area contributed by atoms with Crippen molar-refractivity contribution in [2.45, 2.75) is 78.7 Å². The zero-order valence-corrected chi connectivity index (χ0v) is 14.3. The first kappa shape index (κ1) is 15.3. The molecular weight excluding hydrogens is 256 g/mol. The van der Waals surface area contributed by atoms with Gasteiger partial charge in [0.25, 0.3) is 0 Å². The Morgan fingerprint density at radius 2 is 1.81 bits per heavy atom. The minimum absolute atomic E-state index is 0.258. The van der Waals surface area contributed by atoms with Crippen molar-refractivity contribution >= 4 is 0 Å². The lowest BCUT2D eigenvalue weighted by Gasteiger charge is -2.53. The number of rotatable bonds is 0. The molecule has 3 aliphatic rings. The molecule has 1 heteroatoms. The molecular formula is C20H32O. The molecule has 0 radical (unpaired) electrons. The summed E-state index contributed by atoms with van der Waals surface area (Å²) in [5.74, 6) is 1.27. The predicted octanol–water partition coefficient (Wildman–Crippen LogP) is 5.26. The van der Waals surface area contributed by atoms with E-state index in [1.807, 2.05) is 0 Å². The highest BCUT2D eigenvalue weighted by atomic mass is 16.3. The van der Waals surface area contributed by atoms with Gasteiger partial charge in [-0.15, -0.1) is 0 Å². The van der Waals surface area contributed by atoms with Crippen LogP contribution in [0.1, 0.15) is 72.6 Å². The smallest absolute Gasteiger partial charge is 0.0750 e. The fourth-order valence-electron chi connectivity index (χ4n) is 5.58. The number of allylic oxidation sites excluding steroid dienone is 2. The van der Waals surface area contributed by atoms with Crippen LogP contribution in [0.25, 0.3) is 0 Å². The van der Waals surface area contributed by atoms with Crippen LogP contribution in [0, 0.1) is 22.7 Å².